The number of aliphatic hydroxyl groups excluding tert-OH is 3. The number of likely N-dealkylation sites (tertiary alicyclic amines) is 4. The van der Waals surface area contributed by atoms with Gasteiger partial charge in [0, 0.05) is 180 Å². The minimum atomic E-state index is -0.728. The number of likely N-dealkylation sites (N-methyl/N-ethyl adjacent to an activating group) is 3. The molecule has 10 unspecified atom stereocenters. The van der Waals surface area contributed by atoms with Crippen molar-refractivity contribution in [3.05, 3.63) is 53.9 Å². The van der Waals surface area contributed by atoms with E-state index in [9.17, 15) is 24.9 Å². The van der Waals surface area contributed by atoms with Crippen LogP contribution in [0.3, 0.4) is 0 Å². The molecule has 0 radical (unpaired) electrons. The van der Waals surface area contributed by atoms with Crippen LogP contribution in [0.4, 0.5) is 0 Å². The van der Waals surface area contributed by atoms with E-state index >= 15 is 0 Å². The quantitative estimate of drug-likeness (QED) is 0.105. The molecule has 7 aliphatic rings. The molecule has 7 rings (SSSR count). The minimum Gasteiger partial charge on any atom is -0.391 e. The third-order valence-corrected chi connectivity index (χ3v) is 11.5. The van der Waals surface area contributed by atoms with Gasteiger partial charge in [-0.25, -0.2) is 0 Å². The molecule has 7 heterocycles. The SMILES string of the molecule is CC(=O)N1CCC(N=[N+]=[N-])C(C)C1.CC(=O)N1CCC(N=[N+]=[N-])C(O)C1.CN1CC=CCC1.CN1CCC(N=[N+]=[N-])C(O)C1.CN1CCC2OC2C1.[Ar].[Ar].[N-]=[N+]=NC1CCNCC1O. The van der Waals surface area contributed by atoms with E-state index in [1.165, 1.54) is 32.9 Å². The summed E-state index contributed by atoms with van der Waals surface area (Å²) in [6, 6.07) is -0.788. The number of amides is 2. The van der Waals surface area contributed by atoms with Crippen molar-refractivity contribution in [3.63, 3.8) is 0 Å². The fourth-order valence-electron chi connectivity index (χ4n) is 7.47. The molecule has 0 aromatic heterocycles. The molecule has 6 saturated heterocycles. The Morgan fingerprint density at radius 1 is 0.609 bits per heavy atom. The number of aliphatic hydroxyl groups is 3. The summed E-state index contributed by atoms with van der Waals surface area (Å²) in [5, 5.41) is 45.1. The van der Waals surface area contributed by atoms with Crippen LogP contribution < -0.4 is 5.32 Å². The largest absolute Gasteiger partial charge is 0.391 e. The molecule has 24 nitrogen and oxygen atoms in total. The van der Waals surface area contributed by atoms with Gasteiger partial charge in [-0.2, -0.15) is 0 Å². The predicted octanol–water partition coefficient (Wildman–Crippen LogP) is 3.18. The number of carbonyl (C=O) groups excluding carboxylic acids is 2. The van der Waals surface area contributed by atoms with E-state index in [4.69, 9.17) is 26.9 Å². The summed E-state index contributed by atoms with van der Waals surface area (Å²) in [5.41, 5.74) is 32.7. The number of carbonyl (C=O) groups is 2. The second-order valence-electron chi connectivity index (χ2n) is 16.6. The molecular weight excluding hydrogens is 884 g/mol. The van der Waals surface area contributed by atoms with Crippen LogP contribution >= 0.6 is 0 Å². The molecule has 0 spiro atoms. The number of hydrogen-bond donors (Lipinski definition) is 4. The van der Waals surface area contributed by atoms with Crippen LogP contribution in [-0.2, 0) is 14.3 Å². The van der Waals surface area contributed by atoms with Crippen molar-refractivity contribution < 1.29 is 105 Å². The molecular formula is C38H70Ar2N18O6. The fraction of sp³-hybridized carbons (Fsp3) is 0.895. The molecule has 26 heteroatoms. The van der Waals surface area contributed by atoms with E-state index in [1.807, 2.05) is 18.9 Å². The Bertz CT molecular complexity index is 1550. The van der Waals surface area contributed by atoms with E-state index in [0.29, 0.717) is 51.4 Å². The van der Waals surface area contributed by atoms with Gasteiger partial charge >= 0.3 is 0 Å². The number of azide groups is 4. The van der Waals surface area contributed by atoms with Gasteiger partial charge in [-0.15, -0.1) is 0 Å². The van der Waals surface area contributed by atoms with E-state index < -0.39 is 18.3 Å². The van der Waals surface area contributed by atoms with Crippen molar-refractivity contribution in [2.75, 3.05) is 99.7 Å². The summed E-state index contributed by atoms with van der Waals surface area (Å²) in [7, 11) is 6.23. The van der Waals surface area contributed by atoms with Gasteiger partial charge in [0.1, 0.15) is 0 Å². The van der Waals surface area contributed by atoms with Gasteiger partial charge in [-0.3, -0.25) is 9.59 Å². The average molecular weight is 955 g/mol. The monoisotopic (exact) mass is 954 g/mol. The molecule has 0 bridgehead atoms. The zero-order chi connectivity index (χ0) is 46.0. The Hall–Kier alpha value is -1.88. The summed E-state index contributed by atoms with van der Waals surface area (Å²) in [4.78, 5) is 42.7. The molecule has 10 atom stereocenters. The van der Waals surface area contributed by atoms with Gasteiger partial charge in [-0.1, -0.05) is 39.5 Å². The minimum absolute atomic E-state index is 0. The maximum absolute atomic E-state index is 11.0. The van der Waals surface area contributed by atoms with Crippen LogP contribution in [0, 0.1) is 81.4 Å². The molecule has 364 valence electrons. The number of epoxide rings is 1. The van der Waals surface area contributed by atoms with Crippen LogP contribution in [0.25, 0.3) is 41.8 Å². The number of rotatable bonds is 4. The third kappa shape index (κ3) is 25.3. The summed E-state index contributed by atoms with van der Waals surface area (Å²) in [6.07, 6.45) is 9.24. The van der Waals surface area contributed by atoms with Gasteiger partial charge in [0.2, 0.25) is 11.8 Å². The standard InChI is InChI=1S/C8H14N4O.C7H12N4O2.C6H12N4O.C6H11NO.C6H11N.C5H10N4O.2Ar/c1-6-5-12(7(2)13)4-3-8(6)10-11-9;1-5(12)11-3-2-6(9-10-8)7(13)4-11;1-10-3-2-5(8-9-7)6(11)4-10;1-7-3-2-5-6(4-7)8-5;1-7-5-3-2-4-6-7;6-9-8-4-1-2-7-3-5(4)10;;/h6,8H,3-5H2,1-2H3;6-7,13H,2-4H2,1H3;5-6,11H,2-4H2,1H3;5-6H,2-4H2,1H3;2-3H,4-6H2,1H3;4-5,7,10H,1-3H2;;. The van der Waals surface area contributed by atoms with E-state index in [-0.39, 0.29) is 124 Å². The zero-order valence-corrected chi connectivity index (χ0v) is 39.4. The first-order valence-electron chi connectivity index (χ1n) is 21.4. The van der Waals surface area contributed by atoms with Crippen molar-refractivity contribution in [3.8, 4) is 0 Å². The van der Waals surface area contributed by atoms with Crippen LogP contribution in [0.15, 0.2) is 32.6 Å². The van der Waals surface area contributed by atoms with Gasteiger partial charge in [0.25, 0.3) is 0 Å². The molecule has 0 aromatic rings. The predicted molar refractivity (Wildman–Crippen MR) is 234 cm³/mol. The topological polar surface area (TPSA) is 331 Å². The van der Waals surface area contributed by atoms with Gasteiger partial charge in [-0.05, 0) is 101 Å². The first kappa shape index (κ1) is 62.1. The number of β-amino-alcohol motifs (C(OH)–C–C–N with tert-alkyl or cyclic N) is 3. The Balaban J connectivity index is 0.000000747. The van der Waals surface area contributed by atoms with E-state index in [0.717, 1.165) is 45.4 Å². The molecule has 0 saturated carbocycles. The third-order valence-electron chi connectivity index (χ3n) is 11.5. The number of hydrogen-bond acceptors (Lipinski definition) is 14. The molecule has 0 aromatic carbocycles. The van der Waals surface area contributed by atoms with Crippen molar-refractivity contribution in [1.82, 2.24) is 29.8 Å². The Kier molecular flexibility index (Phi) is 34.3. The summed E-state index contributed by atoms with van der Waals surface area (Å²) in [5.74, 6) is 0.318. The van der Waals surface area contributed by atoms with E-state index in [2.05, 4.69) is 81.5 Å². The summed E-state index contributed by atoms with van der Waals surface area (Å²) >= 11 is 0. The first-order valence-corrected chi connectivity index (χ1v) is 21.4. The summed E-state index contributed by atoms with van der Waals surface area (Å²) in [6.45, 7) is 14.9. The second-order valence-corrected chi connectivity index (χ2v) is 16.6. The number of nitrogens with one attached hydrogen (secondary N) is 1. The zero-order valence-electron chi connectivity index (χ0n) is 38.0. The van der Waals surface area contributed by atoms with Gasteiger partial charge in [0.15, 0.2) is 0 Å². The molecule has 64 heavy (non-hydrogen) atoms. The van der Waals surface area contributed by atoms with Crippen LogP contribution in [0.2, 0.25) is 0 Å². The number of ether oxygens (including phenoxy) is 1. The van der Waals surface area contributed by atoms with Crippen molar-refractivity contribution in [2.45, 2.75) is 114 Å². The average Bonchev–Trinajstić information content (AvgIpc) is 4.02. The Labute approximate surface area is 436 Å². The van der Waals surface area contributed by atoms with Crippen molar-refractivity contribution >= 4 is 11.8 Å². The molecule has 6 fully saturated rings. The Morgan fingerprint density at radius 3 is 1.52 bits per heavy atom. The van der Waals surface area contributed by atoms with Crippen LogP contribution in [-0.4, -0.2) is 206 Å². The van der Waals surface area contributed by atoms with Crippen LogP contribution in [0.1, 0.15) is 59.3 Å². The van der Waals surface area contributed by atoms with Crippen molar-refractivity contribution in [2.24, 2.45) is 26.4 Å². The number of nitrogens with zero attached hydrogens (tertiary/aromatic N) is 17. The summed E-state index contributed by atoms with van der Waals surface area (Å²) < 4.78 is 5.31. The van der Waals surface area contributed by atoms with Gasteiger partial charge in [0.05, 0.1) is 48.6 Å². The maximum atomic E-state index is 11.0. The maximum Gasteiger partial charge on any atom is 0.219 e. The first-order chi connectivity index (χ1) is 29.6. The van der Waals surface area contributed by atoms with Crippen LogP contribution in [0.5, 0.6) is 0 Å². The Morgan fingerprint density at radius 2 is 1.09 bits per heavy atom. The molecule has 4 N–H and O–H groups in total. The smallest absolute Gasteiger partial charge is 0.219 e. The molecule has 7 aliphatic heterocycles. The normalized spacial score (nSPS) is 30.5. The van der Waals surface area contributed by atoms with E-state index in [1.54, 1.807) is 16.7 Å². The molecule has 0 aliphatic carbocycles. The second kappa shape index (κ2) is 35.3. The molecule has 2 amide bonds. The number of piperidine rings is 5. The van der Waals surface area contributed by atoms with Crippen molar-refractivity contribution in [1.29, 1.82) is 0 Å². The fourth-order valence-corrected chi connectivity index (χ4v) is 7.47. The number of fused-ring (bicyclic) bond motifs is 1. The van der Waals surface area contributed by atoms with Gasteiger partial charge < -0.3 is 49.9 Å².